The molecule has 9 rings (SSSR count). The van der Waals surface area contributed by atoms with E-state index in [0.29, 0.717) is 47.0 Å². The first-order chi connectivity index (χ1) is 26.5. The van der Waals surface area contributed by atoms with Gasteiger partial charge in [0.05, 0.1) is 28.6 Å². The SMILES string of the molecule is C#Cc1c(F)ccc2cc(O)cc(-c3ncc4c(N5C[C@H]6CC[C@@H](C5)N6C(=O)/C(F)=C/c5nnc(C)s5)nc(OC[C@@]56CCCN5C[C@H](F)C6)nc4c3F)c12. The Labute approximate surface area is 316 Å². The van der Waals surface area contributed by atoms with Gasteiger partial charge >= 0.3 is 6.01 Å². The number of alkyl halides is 1. The number of benzene rings is 2. The molecule has 3 aromatic heterocycles. The van der Waals surface area contributed by atoms with Gasteiger partial charge in [-0.15, -0.1) is 16.6 Å². The summed E-state index contributed by atoms with van der Waals surface area (Å²) >= 11 is 1.18. The summed E-state index contributed by atoms with van der Waals surface area (Å²) in [5, 5.41) is 20.2. The zero-order valence-electron chi connectivity index (χ0n) is 29.6. The highest BCUT2D eigenvalue weighted by Crippen LogP contribution is 2.43. The number of hydrogen-bond acceptors (Lipinski definition) is 11. The molecule has 7 heterocycles. The summed E-state index contributed by atoms with van der Waals surface area (Å²) in [6.07, 6.45) is 10.4. The van der Waals surface area contributed by atoms with Crippen LogP contribution in [0.15, 0.2) is 36.3 Å². The molecule has 0 spiro atoms. The van der Waals surface area contributed by atoms with Crippen LogP contribution in [-0.4, -0.2) is 103 Å². The number of carbonyl (C=O) groups is 1. The Bertz CT molecular complexity index is 2460. The van der Waals surface area contributed by atoms with E-state index in [2.05, 4.69) is 31.0 Å². The predicted molar refractivity (Wildman–Crippen MR) is 198 cm³/mol. The van der Waals surface area contributed by atoms with E-state index in [1.807, 2.05) is 4.90 Å². The second kappa shape index (κ2) is 13.4. The van der Waals surface area contributed by atoms with Crippen LogP contribution in [0.4, 0.5) is 23.4 Å². The maximum absolute atomic E-state index is 17.1. The van der Waals surface area contributed by atoms with Crippen molar-refractivity contribution in [2.75, 3.05) is 37.7 Å². The lowest BCUT2D eigenvalue weighted by molar-refractivity contribution is -0.131. The number of ether oxygens (including phenoxy) is 1. The molecule has 0 aliphatic carbocycles. The lowest BCUT2D eigenvalue weighted by Gasteiger charge is -2.41. The van der Waals surface area contributed by atoms with E-state index in [-0.39, 0.29) is 76.7 Å². The zero-order valence-corrected chi connectivity index (χ0v) is 30.4. The van der Waals surface area contributed by atoms with Crippen molar-refractivity contribution in [1.29, 1.82) is 0 Å². The Morgan fingerprint density at radius 3 is 2.71 bits per heavy atom. The molecule has 4 aliphatic heterocycles. The number of amides is 1. The molecule has 4 aliphatic rings. The van der Waals surface area contributed by atoms with Gasteiger partial charge in [-0.25, -0.2) is 17.6 Å². The molecule has 2 bridgehead atoms. The number of hydrogen-bond donors (Lipinski definition) is 1. The van der Waals surface area contributed by atoms with Crippen molar-refractivity contribution in [3.8, 4) is 35.4 Å². The standard InChI is InChI=1S/C39H34F4N8O3S/c1-3-26-29(41)8-5-21-11-25(52)12-27(32(21)26)34-33(43)35-28(15-44-34)36(46-38(45-35)54-19-39-9-4-10-50(39)16-22(40)14-39)49-17-23-6-7-24(18-49)51(23)37(53)30(42)13-31-48-47-20(2)55-31/h1,5,8,11-13,15,22-24,52H,4,6-7,9-10,14,16-19H2,2H3/b30-13-/t22-,23-,24+,39+/m1/s1. The number of terminal acetylenes is 1. The highest BCUT2D eigenvalue weighted by molar-refractivity contribution is 7.12. The van der Waals surface area contributed by atoms with Gasteiger partial charge in [0.15, 0.2) is 11.6 Å². The molecule has 2 aromatic carbocycles. The van der Waals surface area contributed by atoms with Gasteiger partial charge in [0, 0.05) is 49.3 Å². The van der Waals surface area contributed by atoms with Gasteiger partial charge in [0.25, 0.3) is 5.91 Å². The van der Waals surface area contributed by atoms with Crippen LogP contribution in [0, 0.1) is 30.9 Å². The van der Waals surface area contributed by atoms with Crippen LogP contribution in [0.1, 0.15) is 47.7 Å². The fraction of sp³-hybridized carbons (Fsp3) is 0.385. The first-order valence-corrected chi connectivity index (χ1v) is 18.9. The lowest BCUT2D eigenvalue weighted by Crippen LogP contribution is -2.56. The van der Waals surface area contributed by atoms with E-state index in [0.717, 1.165) is 25.5 Å². The second-order valence-electron chi connectivity index (χ2n) is 14.7. The van der Waals surface area contributed by atoms with Crippen molar-refractivity contribution in [1.82, 2.24) is 34.9 Å². The number of pyridine rings is 1. The number of aryl methyl sites for hydroxylation is 1. The normalized spacial score (nSPS) is 23.9. The molecule has 0 saturated carbocycles. The van der Waals surface area contributed by atoms with Gasteiger partial charge in [0.2, 0.25) is 0 Å². The number of fused-ring (bicyclic) bond motifs is 5. The minimum absolute atomic E-state index is 0.0638. The van der Waals surface area contributed by atoms with Crippen molar-refractivity contribution in [2.45, 2.75) is 62.8 Å². The van der Waals surface area contributed by atoms with E-state index < -0.39 is 35.1 Å². The Morgan fingerprint density at radius 2 is 1.96 bits per heavy atom. The van der Waals surface area contributed by atoms with E-state index in [4.69, 9.17) is 16.1 Å². The largest absolute Gasteiger partial charge is 0.508 e. The molecule has 4 atom stereocenters. The molecule has 0 radical (unpaired) electrons. The molecule has 0 unspecified atom stereocenters. The molecule has 16 heteroatoms. The average molecular weight is 771 g/mol. The molecule has 1 N–H and O–H groups in total. The van der Waals surface area contributed by atoms with Crippen LogP contribution in [0.3, 0.4) is 0 Å². The average Bonchev–Trinajstić information content (AvgIpc) is 3.90. The molecular weight excluding hydrogens is 737 g/mol. The summed E-state index contributed by atoms with van der Waals surface area (Å²) in [5.41, 5.74) is -0.966. The van der Waals surface area contributed by atoms with Gasteiger partial charge in [-0.3, -0.25) is 14.7 Å². The Balaban J connectivity index is 1.12. The van der Waals surface area contributed by atoms with Crippen LogP contribution in [-0.2, 0) is 4.79 Å². The van der Waals surface area contributed by atoms with Gasteiger partial charge in [0.1, 0.15) is 51.4 Å². The number of carbonyl (C=O) groups excluding carboxylic acids is 1. The predicted octanol–water partition coefficient (Wildman–Crippen LogP) is 6.12. The summed E-state index contributed by atoms with van der Waals surface area (Å²) in [5.74, 6) is -0.805. The molecular formula is C39H34F4N8O3S. The number of phenols is 1. The second-order valence-corrected chi connectivity index (χ2v) is 15.9. The van der Waals surface area contributed by atoms with E-state index in [9.17, 15) is 18.7 Å². The Hall–Kier alpha value is -5.40. The fourth-order valence-electron chi connectivity index (χ4n) is 8.99. The minimum atomic E-state index is -0.991. The number of piperazine rings is 1. The van der Waals surface area contributed by atoms with Gasteiger partial charge in [-0.05, 0) is 62.7 Å². The molecule has 1 amide bonds. The van der Waals surface area contributed by atoms with Crippen LogP contribution in [0.25, 0.3) is 39.0 Å². The quantitative estimate of drug-likeness (QED) is 0.118. The van der Waals surface area contributed by atoms with E-state index >= 15 is 8.78 Å². The third-order valence-electron chi connectivity index (χ3n) is 11.3. The van der Waals surface area contributed by atoms with Crippen molar-refractivity contribution >= 4 is 50.8 Å². The molecule has 55 heavy (non-hydrogen) atoms. The number of phenolic OH excluding ortho intramolecular Hbond substituents is 1. The number of aromatic hydroxyl groups is 1. The molecule has 4 fully saturated rings. The van der Waals surface area contributed by atoms with Crippen molar-refractivity contribution in [2.24, 2.45) is 0 Å². The molecule has 11 nitrogen and oxygen atoms in total. The van der Waals surface area contributed by atoms with Crippen LogP contribution in [0.2, 0.25) is 0 Å². The maximum atomic E-state index is 17.1. The monoisotopic (exact) mass is 770 g/mol. The smallest absolute Gasteiger partial charge is 0.319 e. The third kappa shape index (κ3) is 6.00. The number of nitrogens with zero attached hydrogens (tertiary/aromatic N) is 8. The number of anilines is 1. The van der Waals surface area contributed by atoms with Crippen molar-refractivity contribution < 1.29 is 32.2 Å². The number of aromatic nitrogens is 5. The molecule has 282 valence electrons. The lowest BCUT2D eigenvalue weighted by atomic mass is 9.95. The van der Waals surface area contributed by atoms with E-state index in [1.165, 1.54) is 41.8 Å². The van der Waals surface area contributed by atoms with Crippen LogP contribution in [0.5, 0.6) is 11.8 Å². The maximum Gasteiger partial charge on any atom is 0.319 e. The summed E-state index contributed by atoms with van der Waals surface area (Å²) in [6, 6.07) is 4.40. The number of rotatable bonds is 7. The summed E-state index contributed by atoms with van der Waals surface area (Å²) in [7, 11) is 0. The Kier molecular flexibility index (Phi) is 8.61. The Morgan fingerprint density at radius 1 is 1.16 bits per heavy atom. The number of halogens is 4. The first kappa shape index (κ1) is 35.3. The topological polar surface area (TPSA) is 121 Å². The van der Waals surface area contributed by atoms with Gasteiger partial charge < -0.3 is 19.6 Å². The zero-order chi connectivity index (χ0) is 38.2. The summed E-state index contributed by atoms with van der Waals surface area (Å²) in [6.45, 7) is 3.41. The van der Waals surface area contributed by atoms with Crippen molar-refractivity contribution in [3.05, 3.63) is 63.5 Å². The van der Waals surface area contributed by atoms with Gasteiger partial charge in [-0.1, -0.05) is 23.3 Å². The minimum Gasteiger partial charge on any atom is -0.508 e. The van der Waals surface area contributed by atoms with Gasteiger partial charge in [-0.2, -0.15) is 9.97 Å². The highest BCUT2D eigenvalue weighted by Gasteiger charge is 2.50. The van der Waals surface area contributed by atoms with Crippen molar-refractivity contribution in [3.63, 3.8) is 0 Å². The summed E-state index contributed by atoms with van der Waals surface area (Å²) in [4.78, 5) is 32.8. The fourth-order valence-corrected chi connectivity index (χ4v) is 9.61. The highest BCUT2D eigenvalue weighted by atomic mass is 32.1. The molecule has 5 aromatic rings. The third-order valence-corrected chi connectivity index (χ3v) is 12.1. The van der Waals surface area contributed by atoms with Crippen LogP contribution < -0.4 is 9.64 Å². The molecule has 4 saturated heterocycles. The summed E-state index contributed by atoms with van der Waals surface area (Å²) < 4.78 is 68.2. The first-order valence-electron chi connectivity index (χ1n) is 18.1. The van der Waals surface area contributed by atoms with E-state index in [1.54, 1.807) is 11.8 Å². The van der Waals surface area contributed by atoms with Crippen LogP contribution >= 0.6 is 11.3 Å².